The molecule has 0 unspecified atom stereocenters. The van der Waals surface area contributed by atoms with Crippen LogP contribution >= 0.6 is 0 Å². The summed E-state index contributed by atoms with van der Waals surface area (Å²) in [6.07, 6.45) is 45.5. The number of quaternary nitrogens is 1. The van der Waals surface area contributed by atoms with Crippen molar-refractivity contribution >= 4 is 10.1 Å². The first-order valence-corrected chi connectivity index (χ1v) is 24.5. The lowest BCUT2D eigenvalue weighted by atomic mass is 10.0. The van der Waals surface area contributed by atoms with Crippen LogP contribution in [0.2, 0.25) is 0 Å². The first-order valence-electron chi connectivity index (χ1n) is 22.7. The average molecular weight is 764 g/mol. The number of likely N-dealkylation sites (N-methyl/N-ethyl adjacent to an activating group) is 1. The van der Waals surface area contributed by atoms with Crippen molar-refractivity contribution in [2.24, 2.45) is 0 Å². The summed E-state index contributed by atoms with van der Waals surface area (Å²) in [6, 6.07) is 0. The summed E-state index contributed by atoms with van der Waals surface area (Å²) in [7, 11) is -1.67. The van der Waals surface area contributed by atoms with Gasteiger partial charge in [0.15, 0.2) is 0 Å². The Morgan fingerprint density at radius 1 is 0.423 bits per heavy atom. The van der Waals surface area contributed by atoms with Crippen LogP contribution < -0.4 is 0 Å². The highest BCUT2D eigenvalue weighted by molar-refractivity contribution is 7.84. The number of aliphatic hydroxyl groups excluding tert-OH is 1. The van der Waals surface area contributed by atoms with E-state index in [9.17, 15) is 5.11 Å². The van der Waals surface area contributed by atoms with Gasteiger partial charge in [0.05, 0.1) is 37.0 Å². The van der Waals surface area contributed by atoms with E-state index in [1.807, 2.05) is 0 Å². The van der Waals surface area contributed by atoms with Crippen molar-refractivity contribution < 1.29 is 32.0 Å². The summed E-state index contributed by atoms with van der Waals surface area (Å²) in [5.74, 6) is 0. The summed E-state index contributed by atoms with van der Waals surface area (Å²) >= 11 is 0. The maximum Gasteiger partial charge on any atom is 0.102 e. The summed E-state index contributed by atoms with van der Waals surface area (Å²) in [5, 5.41) is 9.62. The Bertz CT molecular complexity index is 716. The minimum atomic E-state index is -3.92. The van der Waals surface area contributed by atoms with E-state index >= 15 is 0 Å². The van der Waals surface area contributed by atoms with Gasteiger partial charge in [0.25, 0.3) is 0 Å². The zero-order chi connectivity index (χ0) is 38.7. The maximum absolute atomic E-state index is 9.62. The standard InChI is InChI=1S/C43H90NO3.CH4O3S/c1-4-6-8-10-12-14-16-18-20-22-24-26-28-30-32-34-40-46-42-37-44(3,36-39-45)38-43-47-41-35-33-31-29-27-25-23-21-19-17-15-13-11-9-7-5-2;1-5(2,3)4/h45H,4-43H2,1-3H3;1H3,(H,2,3,4)/q+1;/p-1. The molecule has 8 heteroatoms. The Kier molecular flexibility index (Phi) is 45.0. The van der Waals surface area contributed by atoms with Gasteiger partial charge in [0, 0.05) is 19.5 Å². The van der Waals surface area contributed by atoms with Crippen LogP contribution in [0.3, 0.4) is 0 Å². The number of unbranched alkanes of at least 4 members (excludes halogenated alkanes) is 30. The van der Waals surface area contributed by atoms with E-state index in [-0.39, 0.29) is 6.61 Å². The second-order valence-electron chi connectivity index (χ2n) is 16.0. The van der Waals surface area contributed by atoms with Crippen LogP contribution in [0, 0.1) is 0 Å². The van der Waals surface area contributed by atoms with Gasteiger partial charge in [0.1, 0.15) is 19.6 Å². The molecule has 0 atom stereocenters. The van der Waals surface area contributed by atoms with Gasteiger partial charge in [-0.25, -0.2) is 8.42 Å². The van der Waals surface area contributed by atoms with Gasteiger partial charge in [-0.2, -0.15) is 0 Å². The molecule has 0 aromatic rings. The number of nitrogens with zero attached hydrogens (tertiary/aromatic N) is 1. The zero-order valence-electron chi connectivity index (χ0n) is 35.6. The van der Waals surface area contributed by atoms with Crippen LogP contribution in [-0.4, -0.2) is 88.5 Å². The molecule has 0 saturated carbocycles. The normalized spacial score (nSPS) is 12.0. The molecular formula is C44H93NO6S. The minimum absolute atomic E-state index is 0.231. The fourth-order valence-electron chi connectivity index (χ4n) is 6.86. The SMILES string of the molecule is CCCCCCCCCCCCCCCCCCOCC[N+](C)(CCO)CCOCCCCCCCCCCCCCCCCCC.CS(=O)(=O)[O-]. The smallest absolute Gasteiger partial charge is 0.102 e. The molecular weight excluding hydrogens is 671 g/mol. The van der Waals surface area contributed by atoms with Crippen LogP contribution in [0.15, 0.2) is 0 Å². The van der Waals surface area contributed by atoms with E-state index < -0.39 is 10.1 Å². The first-order chi connectivity index (χ1) is 25.2. The number of aliphatic hydroxyl groups is 1. The lowest BCUT2D eigenvalue weighted by molar-refractivity contribution is -0.910. The third-order valence-corrected chi connectivity index (χ3v) is 10.5. The maximum atomic E-state index is 9.62. The van der Waals surface area contributed by atoms with Gasteiger partial charge in [-0.1, -0.05) is 206 Å². The molecule has 0 aliphatic rings. The summed E-state index contributed by atoms with van der Waals surface area (Å²) < 4.78 is 40.1. The highest BCUT2D eigenvalue weighted by Crippen LogP contribution is 2.15. The minimum Gasteiger partial charge on any atom is -0.748 e. The van der Waals surface area contributed by atoms with Gasteiger partial charge < -0.3 is 23.6 Å². The molecule has 0 spiro atoms. The average Bonchev–Trinajstić information content (AvgIpc) is 3.09. The molecule has 52 heavy (non-hydrogen) atoms. The molecule has 7 nitrogen and oxygen atoms in total. The Morgan fingerprint density at radius 3 is 0.846 bits per heavy atom. The Labute approximate surface area is 326 Å². The van der Waals surface area contributed by atoms with E-state index in [4.69, 9.17) is 22.4 Å². The van der Waals surface area contributed by atoms with Gasteiger partial charge in [-0.3, -0.25) is 0 Å². The van der Waals surface area contributed by atoms with Crippen LogP contribution in [0.5, 0.6) is 0 Å². The molecule has 0 rings (SSSR count). The first kappa shape index (κ1) is 53.9. The fourth-order valence-corrected chi connectivity index (χ4v) is 6.86. The highest BCUT2D eigenvalue weighted by Gasteiger charge is 2.20. The molecule has 0 aliphatic heterocycles. The molecule has 316 valence electrons. The van der Waals surface area contributed by atoms with Crippen LogP contribution in [0.1, 0.15) is 219 Å². The van der Waals surface area contributed by atoms with Crippen molar-refractivity contribution in [1.29, 1.82) is 0 Å². The Hall–Kier alpha value is -0.250. The van der Waals surface area contributed by atoms with Crippen LogP contribution in [-0.2, 0) is 19.6 Å². The number of hydrogen-bond donors (Lipinski definition) is 1. The van der Waals surface area contributed by atoms with E-state index in [2.05, 4.69) is 20.9 Å². The van der Waals surface area contributed by atoms with Gasteiger partial charge in [0.2, 0.25) is 0 Å². The quantitative estimate of drug-likeness (QED) is 0.0378. The molecule has 0 radical (unpaired) electrons. The molecule has 0 amide bonds. The molecule has 0 aromatic heterocycles. The van der Waals surface area contributed by atoms with Gasteiger partial charge >= 0.3 is 0 Å². The van der Waals surface area contributed by atoms with E-state index in [0.717, 1.165) is 50.5 Å². The molecule has 0 bridgehead atoms. The van der Waals surface area contributed by atoms with Crippen molar-refractivity contribution in [2.75, 3.05) is 66.0 Å². The van der Waals surface area contributed by atoms with Crippen LogP contribution in [0.25, 0.3) is 0 Å². The number of ether oxygens (including phenoxy) is 2. The molecule has 0 fully saturated rings. The number of hydrogen-bond acceptors (Lipinski definition) is 6. The molecule has 1 N–H and O–H groups in total. The van der Waals surface area contributed by atoms with Crippen LogP contribution in [0.4, 0.5) is 0 Å². The van der Waals surface area contributed by atoms with Crippen molar-refractivity contribution in [3.05, 3.63) is 0 Å². The van der Waals surface area contributed by atoms with Gasteiger partial charge in [-0.15, -0.1) is 0 Å². The third-order valence-electron chi connectivity index (χ3n) is 10.5. The van der Waals surface area contributed by atoms with Crippen molar-refractivity contribution in [3.8, 4) is 0 Å². The Morgan fingerprint density at radius 2 is 0.635 bits per heavy atom. The van der Waals surface area contributed by atoms with E-state index in [1.165, 1.54) is 205 Å². The summed E-state index contributed by atoms with van der Waals surface area (Å²) in [4.78, 5) is 0. The lowest BCUT2D eigenvalue weighted by Gasteiger charge is -2.33. The topological polar surface area (TPSA) is 95.9 Å². The molecule has 0 heterocycles. The van der Waals surface area contributed by atoms with Crippen molar-refractivity contribution in [3.63, 3.8) is 0 Å². The van der Waals surface area contributed by atoms with E-state index in [0.29, 0.717) is 6.26 Å². The highest BCUT2D eigenvalue weighted by atomic mass is 32.2. The van der Waals surface area contributed by atoms with Crippen molar-refractivity contribution in [2.45, 2.75) is 219 Å². The molecule has 0 aliphatic carbocycles. The monoisotopic (exact) mass is 764 g/mol. The summed E-state index contributed by atoms with van der Waals surface area (Å²) in [5.41, 5.74) is 0. The van der Waals surface area contributed by atoms with Gasteiger partial charge in [-0.05, 0) is 12.8 Å². The lowest BCUT2D eigenvalue weighted by Crippen LogP contribution is -2.50. The second kappa shape index (κ2) is 43.5. The number of rotatable bonds is 42. The van der Waals surface area contributed by atoms with E-state index in [1.54, 1.807) is 0 Å². The predicted molar refractivity (Wildman–Crippen MR) is 224 cm³/mol. The van der Waals surface area contributed by atoms with Crippen molar-refractivity contribution in [1.82, 2.24) is 0 Å². The largest absolute Gasteiger partial charge is 0.748 e. The second-order valence-corrected chi connectivity index (χ2v) is 17.5. The third kappa shape index (κ3) is 51.9. The zero-order valence-corrected chi connectivity index (χ0v) is 36.4. The Balaban J connectivity index is 0. The molecule has 0 saturated heterocycles. The molecule has 0 aromatic carbocycles. The predicted octanol–water partition coefficient (Wildman–Crippen LogP) is 12.1. The fraction of sp³-hybridized carbons (Fsp3) is 1.00. The summed E-state index contributed by atoms with van der Waals surface area (Å²) in [6.45, 7) is 10.9.